The highest BCUT2D eigenvalue weighted by atomic mass is 31.2. The zero-order valence-corrected chi connectivity index (χ0v) is 55.8. The summed E-state index contributed by atoms with van der Waals surface area (Å²) in [6.45, 7) is 7.12. The number of ether oxygens (including phenoxy) is 4. The van der Waals surface area contributed by atoms with Gasteiger partial charge < -0.3 is 33.8 Å². The minimum absolute atomic E-state index is 0.104. The van der Waals surface area contributed by atoms with Gasteiger partial charge in [0.25, 0.3) is 0 Å². The predicted octanol–water partition coefficient (Wildman–Crippen LogP) is 18.2. The molecule has 0 fully saturated rings. The van der Waals surface area contributed by atoms with Crippen LogP contribution in [0.25, 0.3) is 0 Å². The fourth-order valence-corrected chi connectivity index (χ4v) is 11.3. The van der Waals surface area contributed by atoms with Crippen molar-refractivity contribution >= 4 is 39.5 Å². The monoisotopic (exact) mass is 1240 g/mol. The molecule has 3 N–H and O–H groups in total. The van der Waals surface area contributed by atoms with Gasteiger partial charge in [-0.15, -0.1) is 0 Å². The van der Waals surface area contributed by atoms with Crippen molar-refractivity contribution in [2.24, 2.45) is 5.92 Å². The molecule has 0 heterocycles. The third kappa shape index (κ3) is 59.0. The summed E-state index contributed by atoms with van der Waals surface area (Å²) in [5, 5.41) is 10.5. The lowest BCUT2D eigenvalue weighted by Gasteiger charge is -2.21. The number of unbranched alkanes of at least 4 members (excludes halogenated alkanes) is 37. The second-order valence-corrected chi connectivity index (χ2v) is 26.9. The van der Waals surface area contributed by atoms with E-state index in [0.29, 0.717) is 25.7 Å². The van der Waals surface area contributed by atoms with Crippen molar-refractivity contribution in [3.05, 3.63) is 0 Å². The van der Waals surface area contributed by atoms with Crippen LogP contribution >= 0.6 is 15.6 Å². The second-order valence-electron chi connectivity index (χ2n) is 24.0. The molecule has 5 atom stereocenters. The normalized spacial score (nSPS) is 14.2. The summed E-state index contributed by atoms with van der Waals surface area (Å²) in [5.74, 6) is -1.34. The van der Waals surface area contributed by atoms with Crippen molar-refractivity contribution in [3.8, 4) is 0 Å². The molecule has 2 unspecified atom stereocenters. The molecule has 0 aromatic carbocycles. The first kappa shape index (κ1) is 82.1. The summed E-state index contributed by atoms with van der Waals surface area (Å²) in [7, 11) is -9.87. The predicted molar refractivity (Wildman–Crippen MR) is 335 cm³/mol. The molecule has 0 rings (SSSR count). The van der Waals surface area contributed by atoms with Crippen LogP contribution < -0.4 is 0 Å². The van der Waals surface area contributed by atoms with Crippen LogP contribution in [0.1, 0.15) is 330 Å². The average molecular weight is 1240 g/mol. The molecule has 0 aromatic heterocycles. The van der Waals surface area contributed by atoms with E-state index in [0.717, 1.165) is 109 Å². The number of phosphoric acid groups is 2. The van der Waals surface area contributed by atoms with Gasteiger partial charge >= 0.3 is 39.5 Å². The first-order valence-electron chi connectivity index (χ1n) is 34.1. The minimum Gasteiger partial charge on any atom is -0.462 e. The summed E-state index contributed by atoms with van der Waals surface area (Å²) in [4.78, 5) is 71.9. The molecular formula is C65H126O17P2. The van der Waals surface area contributed by atoms with Crippen LogP contribution in [0.4, 0.5) is 0 Å². The van der Waals surface area contributed by atoms with Crippen molar-refractivity contribution in [2.75, 3.05) is 39.6 Å². The van der Waals surface area contributed by atoms with Crippen LogP contribution in [-0.4, -0.2) is 96.7 Å². The fraction of sp³-hybridized carbons (Fsp3) is 0.938. The van der Waals surface area contributed by atoms with Crippen LogP contribution in [0.15, 0.2) is 0 Å². The number of esters is 4. The smallest absolute Gasteiger partial charge is 0.462 e. The summed E-state index contributed by atoms with van der Waals surface area (Å²) >= 11 is 0. The maximum Gasteiger partial charge on any atom is 0.472 e. The van der Waals surface area contributed by atoms with E-state index in [1.165, 1.54) is 141 Å². The number of aliphatic hydroxyl groups is 1. The number of hydrogen-bond donors (Lipinski definition) is 3. The maximum absolute atomic E-state index is 13.0. The summed E-state index contributed by atoms with van der Waals surface area (Å²) in [6.07, 6.45) is 43.5. The van der Waals surface area contributed by atoms with Crippen LogP contribution in [0.3, 0.4) is 0 Å². The Morgan fingerprint density at radius 1 is 0.321 bits per heavy atom. The van der Waals surface area contributed by atoms with Crippen LogP contribution in [-0.2, 0) is 65.4 Å². The van der Waals surface area contributed by atoms with Crippen molar-refractivity contribution in [2.45, 2.75) is 348 Å². The van der Waals surface area contributed by atoms with E-state index in [1.807, 2.05) is 0 Å². The Hall–Kier alpha value is -1.94. The van der Waals surface area contributed by atoms with Crippen molar-refractivity contribution in [3.63, 3.8) is 0 Å². The Kier molecular flexibility index (Phi) is 57.4. The van der Waals surface area contributed by atoms with Gasteiger partial charge in [-0.1, -0.05) is 279 Å². The first-order valence-corrected chi connectivity index (χ1v) is 37.1. The standard InChI is InChI=1S/C65H126O17P2/c1-6-9-12-15-17-19-20-24-28-31-35-39-44-49-63(68)76-55-61(82-65(70)51-46-41-36-32-29-26-23-21-22-25-27-30-33-38-42-47-58(4)5)57-80-84(73,74)78-53-59(66)52-77-83(71,72)79-56-60(54-75-62(67)48-43-37-14-11-8-3)81-64(69)50-45-40-34-18-16-13-10-7-2/h58-61,66H,6-57H2,1-5H3,(H,71,72)(H,73,74)/t59-,60+,61+/m0/s1. The maximum atomic E-state index is 13.0. The molecule has 0 saturated heterocycles. The lowest BCUT2D eigenvalue weighted by Crippen LogP contribution is -2.30. The van der Waals surface area contributed by atoms with E-state index in [4.69, 9.17) is 37.0 Å². The van der Waals surface area contributed by atoms with Gasteiger partial charge in [0.05, 0.1) is 26.4 Å². The molecule has 0 bridgehead atoms. The van der Waals surface area contributed by atoms with Crippen LogP contribution in [0, 0.1) is 5.92 Å². The molecule has 0 radical (unpaired) electrons. The fourth-order valence-electron chi connectivity index (χ4n) is 9.76. The van der Waals surface area contributed by atoms with Crippen LogP contribution in [0.2, 0.25) is 0 Å². The van der Waals surface area contributed by atoms with Gasteiger partial charge in [0.15, 0.2) is 12.2 Å². The molecule has 0 aliphatic heterocycles. The third-order valence-corrected chi connectivity index (χ3v) is 16.9. The van der Waals surface area contributed by atoms with Gasteiger partial charge in [0.1, 0.15) is 19.3 Å². The highest BCUT2D eigenvalue weighted by Crippen LogP contribution is 2.45. The molecule has 84 heavy (non-hydrogen) atoms. The SMILES string of the molecule is CCCCCCCCCCCCCCCC(=O)OC[C@H](COP(=O)(O)OC[C@@H](O)COP(=O)(O)OC[C@@H](COC(=O)CCCCCCC)OC(=O)CCCCCCCCCC)OC(=O)CCCCCCCCCCCCCCCCCC(C)C. The molecule has 0 amide bonds. The lowest BCUT2D eigenvalue weighted by molar-refractivity contribution is -0.161. The third-order valence-electron chi connectivity index (χ3n) is 15.0. The van der Waals surface area contributed by atoms with Crippen molar-refractivity contribution in [1.82, 2.24) is 0 Å². The molecule has 0 aromatic rings. The van der Waals surface area contributed by atoms with Gasteiger partial charge in [-0.05, 0) is 31.6 Å². The first-order chi connectivity index (χ1) is 40.5. The van der Waals surface area contributed by atoms with E-state index in [9.17, 15) is 43.2 Å². The Bertz CT molecular complexity index is 1640. The van der Waals surface area contributed by atoms with Gasteiger partial charge in [-0.25, -0.2) is 9.13 Å². The number of hydrogen-bond acceptors (Lipinski definition) is 15. The zero-order valence-electron chi connectivity index (χ0n) is 54.0. The van der Waals surface area contributed by atoms with E-state index in [-0.39, 0.29) is 25.7 Å². The molecule has 19 heteroatoms. The van der Waals surface area contributed by atoms with Gasteiger partial charge in [-0.2, -0.15) is 0 Å². The van der Waals surface area contributed by atoms with Crippen molar-refractivity contribution < 1.29 is 80.2 Å². The highest BCUT2D eigenvalue weighted by Gasteiger charge is 2.30. The number of carbonyl (C=O) groups is 4. The summed E-state index contributed by atoms with van der Waals surface area (Å²) < 4.78 is 67.8. The molecule has 17 nitrogen and oxygen atoms in total. The number of carbonyl (C=O) groups excluding carboxylic acids is 4. The number of phosphoric ester groups is 2. The second kappa shape index (κ2) is 58.7. The average Bonchev–Trinajstić information content (AvgIpc) is 3.47. The summed E-state index contributed by atoms with van der Waals surface area (Å²) in [6, 6.07) is 0. The quantitative estimate of drug-likeness (QED) is 0.0222. The molecule has 0 aliphatic carbocycles. The van der Waals surface area contributed by atoms with Gasteiger partial charge in [-0.3, -0.25) is 37.3 Å². The molecule has 0 aliphatic rings. The Labute approximate surface area is 511 Å². The van der Waals surface area contributed by atoms with Gasteiger partial charge in [0, 0.05) is 25.7 Å². The molecule has 0 spiro atoms. The van der Waals surface area contributed by atoms with Crippen LogP contribution in [0.5, 0.6) is 0 Å². The van der Waals surface area contributed by atoms with E-state index in [2.05, 4.69) is 34.6 Å². The Morgan fingerprint density at radius 3 is 0.810 bits per heavy atom. The minimum atomic E-state index is -4.94. The van der Waals surface area contributed by atoms with E-state index in [1.54, 1.807) is 0 Å². The van der Waals surface area contributed by atoms with Crippen molar-refractivity contribution in [1.29, 1.82) is 0 Å². The van der Waals surface area contributed by atoms with Gasteiger partial charge in [0.2, 0.25) is 0 Å². The van der Waals surface area contributed by atoms with E-state index >= 15 is 0 Å². The molecular weight excluding hydrogens is 1110 g/mol. The highest BCUT2D eigenvalue weighted by molar-refractivity contribution is 7.47. The molecule has 498 valence electrons. The van der Waals surface area contributed by atoms with E-state index < -0.39 is 97.5 Å². The Morgan fingerprint density at radius 2 is 0.548 bits per heavy atom. The number of rotatable bonds is 65. The summed E-state index contributed by atoms with van der Waals surface area (Å²) in [5.41, 5.74) is 0. The molecule has 0 saturated carbocycles. The largest absolute Gasteiger partial charge is 0.472 e. The Balaban J connectivity index is 5.13. The number of aliphatic hydroxyl groups excluding tert-OH is 1. The zero-order chi connectivity index (χ0) is 62.0. The lowest BCUT2D eigenvalue weighted by atomic mass is 10.0. The topological polar surface area (TPSA) is 237 Å².